The number of hydrogen-bond donors (Lipinski definition) is 1. The van der Waals surface area contributed by atoms with E-state index >= 15 is 0 Å². The van der Waals surface area contributed by atoms with E-state index in [1.54, 1.807) is 0 Å². The fraction of sp³-hybridized carbons (Fsp3) is 0.867. The Morgan fingerprint density at radius 1 is 1.21 bits per heavy atom. The molecule has 4 heteroatoms. The number of thiocarbonyl (C=S) groups is 1. The zero-order valence-corrected chi connectivity index (χ0v) is 13.2. The van der Waals surface area contributed by atoms with Gasteiger partial charge in [-0.15, -0.1) is 0 Å². The van der Waals surface area contributed by atoms with E-state index in [1.165, 1.54) is 12.8 Å². The molecule has 1 saturated carbocycles. The lowest BCUT2D eigenvalue weighted by atomic mass is 9.78. The van der Waals surface area contributed by atoms with Crippen LogP contribution in [0.1, 0.15) is 52.9 Å². The van der Waals surface area contributed by atoms with Crippen molar-refractivity contribution in [3.63, 3.8) is 0 Å². The van der Waals surface area contributed by atoms with Crippen molar-refractivity contribution in [3.05, 3.63) is 0 Å². The first-order valence-electron chi connectivity index (χ1n) is 7.35. The second-order valence-electron chi connectivity index (χ2n) is 7.18. The van der Waals surface area contributed by atoms with Crippen LogP contribution in [0.3, 0.4) is 0 Å². The molecule has 3 nitrogen and oxygen atoms in total. The van der Waals surface area contributed by atoms with Gasteiger partial charge in [0.25, 0.3) is 0 Å². The minimum absolute atomic E-state index is 0.0582. The summed E-state index contributed by atoms with van der Waals surface area (Å²) in [6.45, 7) is 8.19. The van der Waals surface area contributed by atoms with Crippen molar-refractivity contribution in [2.24, 2.45) is 22.5 Å². The van der Waals surface area contributed by atoms with E-state index in [1.807, 2.05) is 4.90 Å². The number of carbonyl (C=O) groups excluding carboxylic acids is 1. The molecule has 0 aromatic heterocycles. The molecule has 1 saturated heterocycles. The van der Waals surface area contributed by atoms with Gasteiger partial charge in [-0.05, 0) is 31.1 Å². The highest BCUT2D eigenvalue weighted by atomic mass is 32.1. The van der Waals surface area contributed by atoms with Crippen LogP contribution >= 0.6 is 12.2 Å². The van der Waals surface area contributed by atoms with Crippen molar-refractivity contribution in [3.8, 4) is 0 Å². The number of nitrogens with zero attached hydrogens (tertiary/aromatic N) is 1. The maximum absolute atomic E-state index is 12.7. The molecule has 0 bridgehead atoms. The smallest absolute Gasteiger partial charge is 0.226 e. The van der Waals surface area contributed by atoms with E-state index in [2.05, 4.69) is 20.8 Å². The summed E-state index contributed by atoms with van der Waals surface area (Å²) in [6.07, 6.45) is 5.21. The number of amides is 1. The molecule has 0 radical (unpaired) electrons. The lowest BCUT2D eigenvalue weighted by molar-refractivity contribution is -0.140. The highest BCUT2D eigenvalue weighted by Gasteiger charge is 2.43. The summed E-state index contributed by atoms with van der Waals surface area (Å²) in [5.74, 6) is 0.564. The van der Waals surface area contributed by atoms with Gasteiger partial charge in [-0.25, -0.2) is 0 Å². The summed E-state index contributed by atoms with van der Waals surface area (Å²) >= 11 is 5.15. The quantitative estimate of drug-likeness (QED) is 0.792. The fourth-order valence-corrected chi connectivity index (χ4v) is 3.68. The van der Waals surface area contributed by atoms with E-state index in [-0.39, 0.29) is 16.7 Å². The Balaban J connectivity index is 1.98. The molecule has 1 aliphatic carbocycles. The standard InChI is InChI=1S/C15H26N2OS/c1-14(2)6-4-5-11(14)12(18)17-9-7-15(3,8-10-17)13(16)19/h11H,4-10H2,1-3H3,(H2,16,19). The molecule has 0 spiro atoms. The first kappa shape index (κ1) is 14.8. The van der Waals surface area contributed by atoms with Gasteiger partial charge in [-0.1, -0.05) is 39.4 Å². The Morgan fingerprint density at radius 2 is 1.79 bits per heavy atom. The van der Waals surface area contributed by atoms with Gasteiger partial charge < -0.3 is 10.6 Å². The van der Waals surface area contributed by atoms with Crippen LogP contribution in [0.15, 0.2) is 0 Å². The summed E-state index contributed by atoms with van der Waals surface area (Å²) in [5.41, 5.74) is 5.93. The number of hydrogen-bond acceptors (Lipinski definition) is 2. The summed E-state index contributed by atoms with van der Waals surface area (Å²) in [5, 5.41) is 0. The van der Waals surface area contributed by atoms with Crippen molar-refractivity contribution >= 4 is 23.1 Å². The van der Waals surface area contributed by atoms with Gasteiger partial charge >= 0.3 is 0 Å². The molecule has 19 heavy (non-hydrogen) atoms. The summed E-state index contributed by atoms with van der Waals surface area (Å²) < 4.78 is 0. The highest BCUT2D eigenvalue weighted by Crippen LogP contribution is 2.44. The lowest BCUT2D eigenvalue weighted by Gasteiger charge is -2.41. The minimum Gasteiger partial charge on any atom is -0.393 e. The second kappa shape index (κ2) is 5.04. The largest absolute Gasteiger partial charge is 0.393 e. The number of carbonyl (C=O) groups is 1. The van der Waals surface area contributed by atoms with E-state index in [0.717, 1.165) is 32.4 Å². The fourth-order valence-electron chi connectivity index (χ4n) is 3.47. The first-order chi connectivity index (χ1) is 8.76. The average Bonchev–Trinajstić information content (AvgIpc) is 2.69. The predicted molar refractivity (Wildman–Crippen MR) is 81.8 cm³/mol. The van der Waals surface area contributed by atoms with E-state index in [0.29, 0.717) is 10.9 Å². The van der Waals surface area contributed by atoms with E-state index in [9.17, 15) is 4.79 Å². The third-order valence-corrected chi connectivity index (χ3v) is 5.82. The SMILES string of the molecule is CC1(C(N)=S)CCN(C(=O)C2CCCC2(C)C)CC1. The van der Waals surface area contributed by atoms with Gasteiger partial charge in [-0.3, -0.25) is 4.79 Å². The molecule has 0 aromatic rings. The molecule has 1 atom stereocenters. The molecule has 0 aromatic carbocycles. The van der Waals surface area contributed by atoms with Crippen LogP contribution < -0.4 is 5.73 Å². The number of likely N-dealkylation sites (tertiary alicyclic amines) is 1. The van der Waals surface area contributed by atoms with Crippen molar-refractivity contribution in [1.29, 1.82) is 0 Å². The van der Waals surface area contributed by atoms with Gasteiger partial charge in [0.05, 0.1) is 4.99 Å². The maximum atomic E-state index is 12.7. The van der Waals surface area contributed by atoms with Crippen LogP contribution in [0.25, 0.3) is 0 Å². The van der Waals surface area contributed by atoms with Crippen molar-refractivity contribution in [2.75, 3.05) is 13.1 Å². The Labute approximate surface area is 121 Å². The molecule has 1 unspecified atom stereocenters. The van der Waals surface area contributed by atoms with Gasteiger partial charge in [0.15, 0.2) is 0 Å². The molecule has 2 fully saturated rings. The molecule has 108 valence electrons. The van der Waals surface area contributed by atoms with Crippen LogP contribution in [-0.4, -0.2) is 28.9 Å². The number of nitrogens with two attached hydrogens (primary N) is 1. The van der Waals surface area contributed by atoms with Crippen LogP contribution in [0, 0.1) is 16.7 Å². The van der Waals surface area contributed by atoms with Crippen LogP contribution in [0.2, 0.25) is 0 Å². The van der Waals surface area contributed by atoms with E-state index in [4.69, 9.17) is 18.0 Å². The summed E-state index contributed by atoms with van der Waals surface area (Å²) in [6, 6.07) is 0. The van der Waals surface area contributed by atoms with Crippen molar-refractivity contribution in [1.82, 2.24) is 4.90 Å². The Bertz CT molecular complexity index is 384. The second-order valence-corrected chi connectivity index (χ2v) is 7.62. The van der Waals surface area contributed by atoms with Crippen LogP contribution in [0.4, 0.5) is 0 Å². The topological polar surface area (TPSA) is 46.3 Å². The zero-order valence-electron chi connectivity index (χ0n) is 12.4. The first-order valence-corrected chi connectivity index (χ1v) is 7.76. The molecular weight excluding hydrogens is 256 g/mol. The third kappa shape index (κ3) is 2.78. The molecule has 2 aliphatic rings. The Hall–Kier alpha value is -0.640. The van der Waals surface area contributed by atoms with Crippen molar-refractivity contribution in [2.45, 2.75) is 52.9 Å². The van der Waals surface area contributed by atoms with Crippen molar-refractivity contribution < 1.29 is 4.79 Å². The van der Waals surface area contributed by atoms with Crippen LogP contribution in [-0.2, 0) is 4.79 Å². The molecular formula is C15H26N2OS. The van der Waals surface area contributed by atoms with Gasteiger partial charge in [0.1, 0.15) is 0 Å². The normalized spacial score (nSPS) is 29.2. The zero-order chi connectivity index (χ0) is 14.3. The summed E-state index contributed by atoms with van der Waals surface area (Å²) in [7, 11) is 0. The monoisotopic (exact) mass is 282 g/mol. The van der Waals surface area contributed by atoms with Gasteiger partial charge in [0, 0.05) is 24.4 Å². The van der Waals surface area contributed by atoms with Gasteiger partial charge in [0.2, 0.25) is 5.91 Å². The third-order valence-electron chi connectivity index (χ3n) is 5.33. The molecule has 2 rings (SSSR count). The predicted octanol–water partition coefficient (Wildman–Crippen LogP) is 2.73. The number of rotatable bonds is 2. The van der Waals surface area contributed by atoms with Crippen LogP contribution in [0.5, 0.6) is 0 Å². The molecule has 2 N–H and O–H groups in total. The minimum atomic E-state index is -0.0582. The van der Waals surface area contributed by atoms with Gasteiger partial charge in [-0.2, -0.15) is 0 Å². The average molecular weight is 282 g/mol. The lowest BCUT2D eigenvalue weighted by Crippen LogP contribution is -2.49. The number of piperidine rings is 1. The maximum Gasteiger partial charge on any atom is 0.226 e. The Morgan fingerprint density at radius 3 is 2.21 bits per heavy atom. The molecule has 1 aliphatic heterocycles. The Kier molecular flexibility index (Phi) is 3.92. The molecule has 1 amide bonds. The van der Waals surface area contributed by atoms with E-state index < -0.39 is 0 Å². The highest BCUT2D eigenvalue weighted by molar-refractivity contribution is 7.80. The summed E-state index contributed by atoms with van der Waals surface area (Å²) in [4.78, 5) is 15.3. The molecule has 1 heterocycles.